The summed E-state index contributed by atoms with van der Waals surface area (Å²) >= 11 is 0. The molecule has 5 heteroatoms. The minimum atomic E-state index is 0.556. The molecule has 298 valence electrons. The van der Waals surface area contributed by atoms with Gasteiger partial charge in [-0.2, -0.15) is 9.97 Å². The van der Waals surface area contributed by atoms with E-state index in [0.717, 1.165) is 82.7 Å². The Hall–Kier alpha value is -8.67. The average Bonchev–Trinajstić information content (AvgIpc) is 3.90. The van der Waals surface area contributed by atoms with E-state index in [1.54, 1.807) is 0 Å². The van der Waals surface area contributed by atoms with E-state index < -0.39 is 0 Å². The highest BCUT2D eigenvalue weighted by Gasteiger charge is 2.24. The Balaban J connectivity index is 1.14. The molecule has 0 fully saturated rings. The van der Waals surface area contributed by atoms with Gasteiger partial charge in [-0.05, 0) is 80.2 Å². The molecule has 0 aliphatic rings. The van der Waals surface area contributed by atoms with Crippen molar-refractivity contribution in [3.63, 3.8) is 0 Å². The number of hydrogen-bond donors (Lipinski definition) is 0. The van der Waals surface area contributed by atoms with Crippen LogP contribution in [0.25, 0.3) is 122 Å². The van der Waals surface area contributed by atoms with Crippen molar-refractivity contribution < 1.29 is 0 Å². The SMILES string of the molecule is c1ccc(-c2cc(-c3ccccc3)cc(-n3c4ccccc4c4ccc5c6ccccc6n(-c6nc(-c7ccccc7)nc(-c7ccc8c(ccc9ccccc98)c7)n6)c5c43)c2)cc1. The molecule has 0 spiro atoms. The first-order valence-corrected chi connectivity index (χ1v) is 21.7. The largest absolute Gasteiger partial charge is 0.307 e. The summed E-state index contributed by atoms with van der Waals surface area (Å²) in [7, 11) is 0. The minimum Gasteiger partial charge on any atom is -0.307 e. The molecule has 13 rings (SSSR count). The van der Waals surface area contributed by atoms with Gasteiger partial charge in [-0.25, -0.2) is 4.98 Å². The molecule has 0 amide bonds. The fourth-order valence-electron chi connectivity index (χ4n) is 9.77. The monoisotopic (exact) mass is 815 g/mol. The van der Waals surface area contributed by atoms with Crippen LogP contribution in [-0.2, 0) is 0 Å². The van der Waals surface area contributed by atoms with Crippen LogP contribution in [0.1, 0.15) is 0 Å². The molecule has 0 unspecified atom stereocenters. The number of para-hydroxylation sites is 2. The third kappa shape index (κ3) is 5.75. The maximum atomic E-state index is 5.44. The lowest BCUT2D eigenvalue weighted by atomic mass is 9.98. The minimum absolute atomic E-state index is 0.556. The lowest BCUT2D eigenvalue weighted by Gasteiger charge is -2.16. The first kappa shape index (κ1) is 36.0. The summed E-state index contributed by atoms with van der Waals surface area (Å²) in [6.07, 6.45) is 0. The summed E-state index contributed by atoms with van der Waals surface area (Å²) < 4.78 is 4.73. The maximum absolute atomic E-state index is 5.44. The van der Waals surface area contributed by atoms with E-state index >= 15 is 0 Å². The maximum Gasteiger partial charge on any atom is 0.238 e. The van der Waals surface area contributed by atoms with Crippen LogP contribution in [0, 0.1) is 0 Å². The fourth-order valence-corrected chi connectivity index (χ4v) is 9.77. The first-order valence-electron chi connectivity index (χ1n) is 21.7. The molecule has 0 aliphatic heterocycles. The third-order valence-corrected chi connectivity index (χ3v) is 12.7. The van der Waals surface area contributed by atoms with Gasteiger partial charge < -0.3 is 4.57 Å². The van der Waals surface area contributed by atoms with Crippen LogP contribution in [0.5, 0.6) is 0 Å². The number of aromatic nitrogens is 5. The van der Waals surface area contributed by atoms with Crippen molar-refractivity contribution in [2.24, 2.45) is 0 Å². The van der Waals surface area contributed by atoms with E-state index in [0.29, 0.717) is 17.6 Å². The van der Waals surface area contributed by atoms with Gasteiger partial charge in [0.1, 0.15) is 0 Å². The van der Waals surface area contributed by atoms with Crippen LogP contribution in [-0.4, -0.2) is 24.1 Å². The number of nitrogens with zero attached hydrogens (tertiary/aromatic N) is 5. The van der Waals surface area contributed by atoms with Gasteiger partial charge in [0.25, 0.3) is 0 Å². The van der Waals surface area contributed by atoms with Gasteiger partial charge in [-0.3, -0.25) is 4.57 Å². The van der Waals surface area contributed by atoms with Crippen molar-refractivity contribution >= 4 is 65.2 Å². The quantitative estimate of drug-likeness (QED) is 0.157. The molecule has 0 radical (unpaired) electrons. The molecule has 0 bridgehead atoms. The Morgan fingerprint density at radius 2 is 0.734 bits per heavy atom. The summed E-state index contributed by atoms with van der Waals surface area (Å²) in [5.74, 6) is 1.78. The molecule has 13 aromatic rings. The fraction of sp³-hybridized carbons (Fsp3) is 0. The lowest BCUT2D eigenvalue weighted by Crippen LogP contribution is -2.07. The molecule has 5 nitrogen and oxygen atoms in total. The Kier molecular flexibility index (Phi) is 8.15. The van der Waals surface area contributed by atoms with Crippen molar-refractivity contribution in [2.75, 3.05) is 0 Å². The average molecular weight is 816 g/mol. The summed E-state index contributed by atoms with van der Waals surface area (Å²) in [5.41, 5.74) is 11.8. The van der Waals surface area contributed by atoms with E-state index in [4.69, 9.17) is 15.0 Å². The molecular weight excluding hydrogens is 779 g/mol. The molecule has 0 aliphatic carbocycles. The lowest BCUT2D eigenvalue weighted by molar-refractivity contribution is 0.953. The molecule has 0 atom stereocenters. The van der Waals surface area contributed by atoms with Gasteiger partial charge in [-0.15, -0.1) is 0 Å². The molecule has 3 aromatic heterocycles. The molecule has 10 aromatic carbocycles. The standard InChI is InChI=1S/C59H37N5/c1-4-16-38(17-5-1)44-35-45(39-18-6-2-7-19-39)37-46(36-44)63-53-26-14-12-24-49(53)51-32-33-52-50-25-13-15-27-54(50)64(56(52)55(51)63)59-61-57(41-21-8-3-9-22-41)60-58(62-59)43-30-31-48-42(34-43)29-28-40-20-10-11-23-47(40)48/h1-37H. The highest BCUT2D eigenvalue weighted by molar-refractivity contribution is 6.23. The van der Waals surface area contributed by atoms with Gasteiger partial charge in [0.2, 0.25) is 5.95 Å². The van der Waals surface area contributed by atoms with Crippen LogP contribution < -0.4 is 0 Å². The van der Waals surface area contributed by atoms with Gasteiger partial charge in [0.05, 0.1) is 22.1 Å². The van der Waals surface area contributed by atoms with Crippen LogP contribution in [0.2, 0.25) is 0 Å². The van der Waals surface area contributed by atoms with E-state index in [1.165, 1.54) is 21.5 Å². The second-order valence-electron chi connectivity index (χ2n) is 16.4. The number of fused-ring (bicyclic) bond motifs is 10. The molecule has 0 N–H and O–H groups in total. The van der Waals surface area contributed by atoms with Gasteiger partial charge in [0, 0.05) is 38.4 Å². The van der Waals surface area contributed by atoms with Gasteiger partial charge >= 0.3 is 0 Å². The van der Waals surface area contributed by atoms with Crippen LogP contribution in [0.15, 0.2) is 224 Å². The summed E-state index contributed by atoms with van der Waals surface area (Å²) in [6.45, 7) is 0. The highest BCUT2D eigenvalue weighted by Crippen LogP contribution is 2.43. The number of rotatable bonds is 6. The molecule has 0 saturated heterocycles. The van der Waals surface area contributed by atoms with Crippen molar-refractivity contribution in [2.45, 2.75) is 0 Å². The van der Waals surface area contributed by atoms with E-state index in [1.807, 2.05) is 18.2 Å². The van der Waals surface area contributed by atoms with E-state index in [9.17, 15) is 0 Å². The predicted molar refractivity (Wildman–Crippen MR) is 265 cm³/mol. The normalized spacial score (nSPS) is 11.8. The van der Waals surface area contributed by atoms with Crippen LogP contribution in [0.4, 0.5) is 0 Å². The smallest absolute Gasteiger partial charge is 0.238 e. The topological polar surface area (TPSA) is 48.5 Å². The zero-order valence-corrected chi connectivity index (χ0v) is 34.6. The van der Waals surface area contributed by atoms with E-state index in [2.05, 4.69) is 215 Å². The first-order chi connectivity index (χ1) is 31.7. The molecule has 0 saturated carbocycles. The Labute approximate surface area is 368 Å². The second kappa shape index (κ2) is 14.5. The van der Waals surface area contributed by atoms with Crippen molar-refractivity contribution in [3.8, 4) is 56.7 Å². The van der Waals surface area contributed by atoms with Gasteiger partial charge in [0.15, 0.2) is 11.6 Å². The summed E-state index contributed by atoms with van der Waals surface area (Å²) in [5, 5.41) is 9.34. The Bertz CT molecular complexity index is 3890. The predicted octanol–water partition coefficient (Wildman–Crippen LogP) is 15.0. The van der Waals surface area contributed by atoms with Crippen molar-refractivity contribution in [3.05, 3.63) is 224 Å². The number of benzene rings is 10. The molecule has 3 heterocycles. The van der Waals surface area contributed by atoms with E-state index in [-0.39, 0.29) is 0 Å². The van der Waals surface area contributed by atoms with Crippen molar-refractivity contribution in [1.29, 1.82) is 0 Å². The zero-order valence-electron chi connectivity index (χ0n) is 34.6. The Morgan fingerprint density at radius 3 is 1.38 bits per heavy atom. The Morgan fingerprint density at radius 1 is 0.266 bits per heavy atom. The third-order valence-electron chi connectivity index (χ3n) is 12.7. The summed E-state index contributed by atoms with van der Waals surface area (Å²) in [6, 6.07) is 80.0. The van der Waals surface area contributed by atoms with Crippen LogP contribution in [0.3, 0.4) is 0 Å². The molecule has 64 heavy (non-hydrogen) atoms. The second-order valence-corrected chi connectivity index (χ2v) is 16.4. The number of hydrogen-bond acceptors (Lipinski definition) is 3. The zero-order chi connectivity index (χ0) is 42.1. The highest BCUT2D eigenvalue weighted by atomic mass is 15.2. The summed E-state index contributed by atoms with van der Waals surface area (Å²) in [4.78, 5) is 16.0. The van der Waals surface area contributed by atoms with Crippen LogP contribution >= 0.6 is 0 Å². The van der Waals surface area contributed by atoms with Crippen molar-refractivity contribution in [1.82, 2.24) is 24.1 Å². The van der Waals surface area contributed by atoms with Gasteiger partial charge in [-0.1, -0.05) is 188 Å². The molecular formula is C59H37N5.